The van der Waals surface area contributed by atoms with Gasteiger partial charge in [0.1, 0.15) is 0 Å². The van der Waals surface area contributed by atoms with Crippen molar-refractivity contribution in [2.45, 2.75) is 12.5 Å². The van der Waals surface area contributed by atoms with E-state index < -0.39 is 5.54 Å². The molecular formula is C12H15Cl2NO. The molecule has 0 unspecified atom stereocenters. The van der Waals surface area contributed by atoms with Crippen LogP contribution < -0.4 is 5.32 Å². The van der Waals surface area contributed by atoms with Gasteiger partial charge in [-0.3, -0.25) is 0 Å². The minimum atomic E-state index is -0.539. The molecule has 0 spiro atoms. The second-order valence-electron chi connectivity index (χ2n) is 3.79. The molecule has 0 fully saturated rings. The van der Waals surface area contributed by atoms with Gasteiger partial charge in [-0.2, -0.15) is 0 Å². The lowest BCUT2D eigenvalue weighted by molar-refractivity contribution is 0.179. The molecule has 0 bridgehead atoms. The molecule has 1 aromatic rings. The van der Waals surface area contributed by atoms with E-state index in [1.165, 1.54) is 0 Å². The van der Waals surface area contributed by atoms with Gasteiger partial charge >= 0.3 is 0 Å². The van der Waals surface area contributed by atoms with Crippen LogP contribution in [0.3, 0.4) is 0 Å². The smallest absolute Gasteiger partial charge is 0.0652 e. The number of nitrogens with one attached hydrogen (secondary N) is 1. The van der Waals surface area contributed by atoms with Gasteiger partial charge in [0.2, 0.25) is 0 Å². The Morgan fingerprint density at radius 1 is 1.44 bits per heavy atom. The molecule has 4 heteroatoms. The van der Waals surface area contributed by atoms with Crippen LogP contribution in [0.5, 0.6) is 0 Å². The average molecular weight is 260 g/mol. The summed E-state index contributed by atoms with van der Waals surface area (Å²) in [5.41, 5.74) is 0.355. The largest absolute Gasteiger partial charge is 0.394 e. The second-order valence-corrected chi connectivity index (χ2v) is 4.60. The number of halogens is 2. The Morgan fingerprint density at radius 2 is 2.12 bits per heavy atom. The van der Waals surface area contributed by atoms with Crippen LogP contribution in [-0.4, -0.2) is 18.3 Å². The van der Waals surface area contributed by atoms with E-state index in [0.29, 0.717) is 16.6 Å². The van der Waals surface area contributed by atoms with Crippen LogP contribution in [0.15, 0.2) is 30.9 Å². The van der Waals surface area contributed by atoms with Crippen LogP contribution >= 0.6 is 23.2 Å². The zero-order chi connectivity index (χ0) is 12.2. The van der Waals surface area contributed by atoms with Crippen molar-refractivity contribution < 1.29 is 5.11 Å². The fourth-order valence-electron chi connectivity index (χ4n) is 1.39. The molecule has 1 aromatic carbocycles. The van der Waals surface area contributed by atoms with Crippen molar-refractivity contribution in [2.24, 2.45) is 0 Å². The summed E-state index contributed by atoms with van der Waals surface area (Å²) in [5, 5.41) is 13.6. The Hall–Kier alpha value is -0.540. The van der Waals surface area contributed by atoms with Crippen molar-refractivity contribution in [2.75, 3.05) is 13.2 Å². The number of benzene rings is 1. The first-order chi connectivity index (χ1) is 7.53. The summed E-state index contributed by atoms with van der Waals surface area (Å²) in [5.74, 6) is 0. The van der Waals surface area contributed by atoms with Crippen LogP contribution in [-0.2, 0) is 5.54 Å². The SMILES string of the molecule is C=CCN[C@@](C)(CO)c1ccc(Cl)c(Cl)c1. The molecule has 0 aliphatic carbocycles. The van der Waals surface area contributed by atoms with Gasteiger partial charge in [-0.05, 0) is 24.6 Å². The molecule has 0 aliphatic rings. The van der Waals surface area contributed by atoms with E-state index >= 15 is 0 Å². The van der Waals surface area contributed by atoms with Gasteiger partial charge in [0.15, 0.2) is 0 Å². The number of rotatable bonds is 5. The summed E-state index contributed by atoms with van der Waals surface area (Å²) in [6, 6.07) is 5.33. The standard InChI is InChI=1S/C12H15Cl2NO/c1-3-6-15-12(2,8-16)9-4-5-10(13)11(14)7-9/h3-5,7,15-16H,1,6,8H2,2H3/t12-/m0/s1. The quantitative estimate of drug-likeness (QED) is 0.798. The Kier molecular flexibility index (Phi) is 4.81. The van der Waals surface area contributed by atoms with E-state index in [4.69, 9.17) is 23.2 Å². The highest BCUT2D eigenvalue weighted by molar-refractivity contribution is 6.42. The van der Waals surface area contributed by atoms with Crippen molar-refractivity contribution in [3.8, 4) is 0 Å². The van der Waals surface area contributed by atoms with E-state index in [9.17, 15) is 5.11 Å². The molecular weight excluding hydrogens is 245 g/mol. The van der Waals surface area contributed by atoms with Crippen molar-refractivity contribution in [3.05, 3.63) is 46.5 Å². The third-order valence-corrected chi connectivity index (χ3v) is 3.25. The summed E-state index contributed by atoms with van der Waals surface area (Å²) < 4.78 is 0. The molecule has 0 saturated carbocycles. The maximum absolute atomic E-state index is 9.45. The fourth-order valence-corrected chi connectivity index (χ4v) is 1.68. The average Bonchev–Trinajstić information content (AvgIpc) is 2.29. The van der Waals surface area contributed by atoms with Gasteiger partial charge in [0.05, 0.1) is 22.2 Å². The lowest BCUT2D eigenvalue weighted by Crippen LogP contribution is -2.42. The molecule has 0 heterocycles. The molecule has 1 atom stereocenters. The van der Waals surface area contributed by atoms with Crippen LogP contribution in [0.4, 0.5) is 0 Å². The maximum atomic E-state index is 9.45. The molecule has 16 heavy (non-hydrogen) atoms. The van der Waals surface area contributed by atoms with Gasteiger partial charge in [-0.25, -0.2) is 0 Å². The van der Waals surface area contributed by atoms with E-state index in [0.717, 1.165) is 5.56 Å². The van der Waals surface area contributed by atoms with Crippen LogP contribution in [0.25, 0.3) is 0 Å². The number of aliphatic hydroxyl groups excluding tert-OH is 1. The normalized spacial score (nSPS) is 14.5. The minimum absolute atomic E-state index is 0.0290. The van der Waals surface area contributed by atoms with Crippen LogP contribution in [0.2, 0.25) is 10.0 Å². The minimum Gasteiger partial charge on any atom is -0.394 e. The van der Waals surface area contributed by atoms with Crippen molar-refractivity contribution in [3.63, 3.8) is 0 Å². The summed E-state index contributed by atoms with van der Waals surface area (Å²) in [4.78, 5) is 0. The molecule has 88 valence electrons. The lowest BCUT2D eigenvalue weighted by Gasteiger charge is -2.29. The molecule has 0 aliphatic heterocycles. The molecule has 0 radical (unpaired) electrons. The van der Waals surface area contributed by atoms with Crippen molar-refractivity contribution in [1.29, 1.82) is 0 Å². The zero-order valence-corrected chi connectivity index (χ0v) is 10.6. The maximum Gasteiger partial charge on any atom is 0.0652 e. The number of hydrogen-bond donors (Lipinski definition) is 2. The van der Waals surface area contributed by atoms with Crippen molar-refractivity contribution >= 4 is 23.2 Å². The Labute approximate surface area is 106 Å². The lowest BCUT2D eigenvalue weighted by atomic mass is 9.93. The number of hydrogen-bond acceptors (Lipinski definition) is 2. The van der Waals surface area contributed by atoms with E-state index in [1.54, 1.807) is 18.2 Å². The highest BCUT2D eigenvalue weighted by atomic mass is 35.5. The van der Waals surface area contributed by atoms with Gasteiger partial charge in [0, 0.05) is 6.54 Å². The highest BCUT2D eigenvalue weighted by Crippen LogP contribution is 2.28. The third-order valence-electron chi connectivity index (χ3n) is 2.51. The first kappa shape index (κ1) is 13.5. The van der Waals surface area contributed by atoms with Gasteiger partial charge in [0.25, 0.3) is 0 Å². The predicted octanol–water partition coefficient (Wildman–Crippen LogP) is 2.98. The second kappa shape index (κ2) is 5.69. The van der Waals surface area contributed by atoms with E-state index in [1.807, 2.05) is 13.0 Å². The van der Waals surface area contributed by atoms with Gasteiger partial charge in [-0.1, -0.05) is 35.3 Å². The highest BCUT2D eigenvalue weighted by Gasteiger charge is 2.25. The first-order valence-corrected chi connectivity index (χ1v) is 5.71. The monoisotopic (exact) mass is 259 g/mol. The molecule has 2 N–H and O–H groups in total. The first-order valence-electron chi connectivity index (χ1n) is 4.96. The fraction of sp³-hybridized carbons (Fsp3) is 0.333. The molecule has 2 nitrogen and oxygen atoms in total. The molecule has 0 amide bonds. The Bertz CT molecular complexity index is 381. The summed E-state index contributed by atoms with van der Waals surface area (Å²) in [6.45, 7) is 6.11. The summed E-state index contributed by atoms with van der Waals surface area (Å²) >= 11 is 11.8. The third kappa shape index (κ3) is 2.98. The topological polar surface area (TPSA) is 32.3 Å². The number of aliphatic hydroxyl groups is 1. The predicted molar refractivity (Wildman–Crippen MR) is 69.1 cm³/mol. The zero-order valence-electron chi connectivity index (χ0n) is 9.13. The molecule has 1 rings (SSSR count). The summed E-state index contributed by atoms with van der Waals surface area (Å²) in [6.07, 6.45) is 1.74. The van der Waals surface area contributed by atoms with Crippen molar-refractivity contribution in [1.82, 2.24) is 5.32 Å². The molecule has 0 aromatic heterocycles. The molecule has 0 saturated heterocycles. The summed E-state index contributed by atoms with van der Waals surface area (Å²) in [7, 11) is 0. The Morgan fingerprint density at radius 3 is 2.62 bits per heavy atom. The van der Waals surface area contributed by atoms with E-state index in [2.05, 4.69) is 11.9 Å². The van der Waals surface area contributed by atoms with E-state index in [-0.39, 0.29) is 6.61 Å². The van der Waals surface area contributed by atoms with Crippen LogP contribution in [0, 0.1) is 0 Å². The Balaban J connectivity index is 3.02. The van der Waals surface area contributed by atoms with Gasteiger partial charge < -0.3 is 10.4 Å². The van der Waals surface area contributed by atoms with Gasteiger partial charge in [-0.15, -0.1) is 6.58 Å². The van der Waals surface area contributed by atoms with Crippen LogP contribution in [0.1, 0.15) is 12.5 Å².